The SMILES string of the molecule is CNC(=O)C1CCCCC1C(=O)N1CCc2cccc(O[C@H]3CCN(C(=O)c4cncs4)C3)c2[C@H]1CNC(C)=O. The van der Waals surface area contributed by atoms with Crippen LogP contribution in [0.1, 0.15) is 65.9 Å². The summed E-state index contributed by atoms with van der Waals surface area (Å²) >= 11 is 1.33. The van der Waals surface area contributed by atoms with Crippen LogP contribution in [0.15, 0.2) is 29.9 Å². The minimum Gasteiger partial charge on any atom is -0.488 e. The minimum atomic E-state index is -0.417. The quantitative estimate of drug-likeness (QED) is 0.531. The summed E-state index contributed by atoms with van der Waals surface area (Å²) in [5, 5.41) is 5.66. The second-order valence-corrected chi connectivity index (χ2v) is 11.7. The number of hydrogen-bond acceptors (Lipinski definition) is 7. The Labute approximate surface area is 238 Å². The summed E-state index contributed by atoms with van der Waals surface area (Å²) in [5.41, 5.74) is 3.63. The first-order chi connectivity index (χ1) is 19.4. The lowest BCUT2D eigenvalue weighted by molar-refractivity contribution is -0.146. The van der Waals surface area contributed by atoms with E-state index in [1.165, 1.54) is 18.3 Å². The van der Waals surface area contributed by atoms with Crippen molar-refractivity contribution in [2.24, 2.45) is 11.8 Å². The summed E-state index contributed by atoms with van der Waals surface area (Å²) in [5.74, 6) is -0.392. The molecule has 1 saturated heterocycles. The van der Waals surface area contributed by atoms with Crippen LogP contribution in [-0.2, 0) is 20.8 Å². The zero-order valence-corrected chi connectivity index (χ0v) is 23.9. The second-order valence-electron chi connectivity index (χ2n) is 10.8. The molecule has 2 unspecified atom stereocenters. The Hall–Kier alpha value is -3.47. The smallest absolute Gasteiger partial charge is 0.265 e. The number of fused-ring (bicyclic) bond motifs is 1. The number of aromatic nitrogens is 1. The first-order valence-corrected chi connectivity index (χ1v) is 15.0. The van der Waals surface area contributed by atoms with Crippen molar-refractivity contribution in [2.45, 2.75) is 57.6 Å². The third kappa shape index (κ3) is 5.84. The number of carbonyl (C=O) groups is 4. The zero-order chi connectivity index (χ0) is 28.2. The number of benzene rings is 1. The molecule has 2 aliphatic heterocycles. The van der Waals surface area contributed by atoms with E-state index in [-0.39, 0.29) is 48.1 Å². The Morgan fingerprint density at radius 2 is 1.90 bits per heavy atom. The van der Waals surface area contributed by atoms with Gasteiger partial charge < -0.3 is 25.2 Å². The molecule has 2 N–H and O–H groups in total. The van der Waals surface area contributed by atoms with Crippen molar-refractivity contribution in [3.05, 3.63) is 45.9 Å². The van der Waals surface area contributed by atoms with E-state index in [2.05, 4.69) is 15.6 Å². The first kappa shape index (κ1) is 28.1. The maximum Gasteiger partial charge on any atom is 0.265 e. The standard InChI is InChI=1S/C29H37N5O5S/c1-18(35)32-14-23-26-19(10-13-34(23)28(37)22-8-4-3-7-21(22)27(36)30-2)6-5-9-24(26)39-20-11-12-33(16-20)29(38)25-15-31-17-40-25/h5-6,9,15,17,20-23H,3-4,7-8,10-14,16H2,1-2H3,(H,30,36)(H,32,35)/t20-,21?,22?,23+/m0/s1. The fraction of sp³-hybridized carbons (Fsp3) is 0.552. The summed E-state index contributed by atoms with van der Waals surface area (Å²) in [4.78, 5) is 59.8. The predicted octanol–water partition coefficient (Wildman–Crippen LogP) is 2.55. The van der Waals surface area contributed by atoms with E-state index in [1.807, 2.05) is 23.1 Å². The van der Waals surface area contributed by atoms with Gasteiger partial charge in [-0.1, -0.05) is 25.0 Å². The summed E-state index contributed by atoms with van der Waals surface area (Å²) in [6.07, 6.45) is 5.98. The number of hydrogen-bond donors (Lipinski definition) is 2. The molecule has 40 heavy (non-hydrogen) atoms. The van der Waals surface area contributed by atoms with Crippen molar-refractivity contribution in [1.29, 1.82) is 0 Å². The summed E-state index contributed by atoms with van der Waals surface area (Å²) < 4.78 is 6.54. The number of rotatable bonds is 7. The topological polar surface area (TPSA) is 121 Å². The molecule has 11 heteroatoms. The molecule has 4 amide bonds. The van der Waals surface area contributed by atoms with Gasteiger partial charge in [0.1, 0.15) is 16.7 Å². The zero-order valence-electron chi connectivity index (χ0n) is 23.1. The van der Waals surface area contributed by atoms with Crippen LogP contribution >= 0.6 is 11.3 Å². The molecule has 3 heterocycles. The van der Waals surface area contributed by atoms with E-state index in [4.69, 9.17) is 4.74 Å². The lowest BCUT2D eigenvalue weighted by atomic mass is 9.77. The molecule has 4 atom stereocenters. The van der Waals surface area contributed by atoms with Crippen molar-refractivity contribution in [3.8, 4) is 5.75 Å². The molecule has 0 radical (unpaired) electrons. The Bertz CT molecular complexity index is 1250. The maximum atomic E-state index is 14.1. The highest BCUT2D eigenvalue weighted by atomic mass is 32.1. The minimum absolute atomic E-state index is 0.0358. The van der Waals surface area contributed by atoms with E-state index in [1.54, 1.807) is 23.7 Å². The molecule has 2 aromatic rings. The van der Waals surface area contributed by atoms with Gasteiger partial charge in [-0.3, -0.25) is 24.2 Å². The van der Waals surface area contributed by atoms with Gasteiger partial charge in [0.25, 0.3) is 5.91 Å². The van der Waals surface area contributed by atoms with Gasteiger partial charge >= 0.3 is 0 Å². The first-order valence-electron chi connectivity index (χ1n) is 14.1. The lowest BCUT2D eigenvalue weighted by Gasteiger charge is -2.42. The fourth-order valence-corrected chi connectivity index (χ4v) is 6.95. The number of ether oxygens (including phenoxy) is 1. The average molecular weight is 568 g/mol. The fourth-order valence-electron chi connectivity index (χ4n) is 6.36. The normalized spacial score (nSPS) is 24.2. The van der Waals surface area contributed by atoms with E-state index in [9.17, 15) is 19.2 Å². The van der Waals surface area contributed by atoms with Gasteiger partial charge in [0.2, 0.25) is 17.7 Å². The van der Waals surface area contributed by atoms with Crippen LogP contribution in [0.2, 0.25) is 0 Å². The van der Waals surface area contributed by atoms with Gasteiger partial charge in [-0.25, -0.2) is 0 Å². The van der Waals surface area contributed by atoms with Crippen molar-refractivity contribution >= 4 is 35.0 Å². The molecule has 214 valence electrons. The third-order valence-corrected chi connectivity index (χ3v) is 9.11. The summed E-state index contributed by atoms with van der Waals surface area (Å²) in [6.45, 7) is 3.30. The summed E-state index contributed by atoms with van der Waals surface area (Å²) in [7, 11) is 1.62. The van der Waals surface area contributed by atoms with E-state index in [0.29, 0.717) is 55.9 Å². The van der Waals surface area contributed by atoms with E-state index in [0.717, 1.165) is 24.0 Å². The average Bonchev–Trinajstić information content (AvgIpc) is 3.68. The van der Waals surface area contributed by atoms with Crippen LogP contribution in [0.25, 0.3) is 0 Å². The highest BCUT2D eigenvalue weighted by Gasteiger charge is 2.42. The van der Waals surface area contributed by atoms with Gasteiger partial charge in [0.15, 0.2) is 0 Å². The summed E-state index contributed by atoms with van der Waals surface area (Å²) in [6, 6.07) is 5.50. The van der Waals surface area contributed by atoms with Crippen molar-refractivity contribution in [2.75, 3.05) is 33.2 Å². The Balaban J connectivity index is 1.39. The number of amides is 4. The van der Waals surface area contributed by atoms with Crippen LogP contribution in [0.3, 0.4) is 0 Å². The lowest BCUT2D eigenvalue weighted by Crippen LogP contribution is -2.50. The number of nitrogens with one attached hydrogen (secondary N) is 2. The Kier molecular flexibility index (Phi) is 8.68. The highest BCUT2D eigenvalue weighted by molar-refractivity contribution is 7.11. The predicted molar refractivity (Wildman–Crippen MR) is 150 cm³/mol. The maximum absolute atomic E-state index is 14.1. The van der Waals surface area contributed by atoms with Crippen molar-refractivity contribution < 1.29 is 23.9 Å². The number of carbonyl (C=O) groups excluding carboxylic acids is 4. The number of likely N-dealkylation sites (tertiary alicyclic amines) is 1. The number of nitrogens with zero attached hydrogens (tertiary/aromatic N) is 3. The van der Waals surface area contributed by atoms with E-state index < -0.39 is 6.04 Å². The molecule has 1 aromatic heterocycles. The van der Waals surface area contributed by atoms with Crippen LogP contribution in [-0.4, -0.2) is 77.7 Å². The van der Waals surface area contributed by atoms with Crippen molar-refractivity contribution in [1.82, 2.24) is 25.4 Å². The molecule has 10 nitrogen and oxygen atoms in total. The molecule has 2 fully saturated rings. The number of thiazole rings is 1. The van der Waals surface area contributed by atoms with Gasteiger partial charge in [0, 0.05) is 57.4 Å². The van der Waals surface area contributed by atoms with Crippen LogP contribution < -0.4 is 15.4 Å². The Morgan fingerprint density at radius 1 is 1.10 bits per heavy atom. The monoisotopic (exact) mass is 567 g/mol. The van der Waals surface area contributed by atoms with Gasteiger partial charge in [-0.2, -0.15) is 0 Å². The largest absolute Gasteiger partial charge is 0.488 e. The van der Waals surface area contributed by atoms with Gasteiger partial charge in [-0.15, -0.1) is 11.3 Å². The van der Waals surface area contributed by atoms with Crippen LogP contribution in [0, 0.1) is 11.8 Å². The Morgan fingerprint density at radius 3 is 2.62 bits per heavy atom. The molecule has 3 aliphatic rings. The van der Waals surface area contributed by atoms with Crippen LogP contribution in [0.4, 0.5) is 0 Å². The van der Waals surface area contributed by atoms with E-state index >= 15 is 0 Å². The molecular formula is C29H37N5O5S. The molecule has 5 rings (SSSR count). The molecule has 0 spiro atoms. The molecular weight excluding hydrogens is 530 g/mol. The molecule has 1 saturated carbocycles. The van der Waals surface area contributed by atoms with Crippen molar-refractivity contribution in [3.63, 3.8) is 0 Å². The molecule has 1 aliphatic carbocycles. The molecule has 1 aromatic carbocycles. The third-order valence-electron chi connectivity index (χ3n) is 8.35. The van der Waals surface area contributed by atoms with Crippen LogP contribution in [0.5, 0.6) is 5.75 Å². The second kappa shape index (κ2) is 12.4. The van der Waals surface area contributed by atoms with Gasteiger partial charge in [-0.05, 0) is 30.9 Å². The molecule has 0 bridgehead atoms. The highest BCUT2D eigenvalue weighted by Crippen LogP contribution is 2.40. The van der Waals surface area contributed by atoms with Gasteiger partial charge in [0.05, 0.1) is 24.3 Å².